The third-order valence-electron chi connectivity index (χ3n) is 7.62. The fourth-order valence-corrected chi connectivity index (χ4v) is 5.74. The Morgan fingerprint density at radius 3 is 2.66 bits per heavy atom. The molecule has 1 heterocycles. The number of benzene rings is 2. The number of nitrogens with zero attached hydrogens (tertiary/aromatic N) is 2. The van der Waals surface area contributed by atoms with Crippen LogP contribution in [0.5, 0.6) is 0 Å². The minimum absolute atomic E-state index is 0.291. The number of pyridine rings is 1. The minimum atomic E-state index is -0.544. The molecule has 1 N–H and O–H groups in total. The van der Waals surface area contributed by atoms with Gasteiger partial charge in [-0.1, -0.05) is 54.6 Å². The van der Waals surface area contributed by atoms with Gasteiger partial charge in [-0.05, 0) is 86.9 Å². The molecule has 0 radical (unpaired) electrons. The maximum absolute atomic E-state index is 11.5. The summed E-state index contributed by atoms with van der Waals surface area (Å²) in [6.07, 6.45) is 10.7. The van der Waals surface area contributed by atoms with Crippen LogP contribution in [-0.2, 0) is 6.42 Å². The van der Waals surface area contributed by atoms with E-state index < -0.39 is 5.60 Å². The summed E-state index contributed by atoms with van der Waals surface area (Å²) >= 11 is 0. The third-order valence-corrected chi connectivity index (χ3v) is 7.62. The van der Waals surface area contributed by atoms with E-state index in [0.717, 1.165) is 50.7 Å². The van der Waals surface area contributed by atoms with E-state index in [9.17, 15) is 5.11 Å². The SMILES string of the molecule is CN(CCCc1cnc2ccccc2c1)CC[C@@]1(O)C[C@@H]2CC[C@H]1C=C2c1ccccc1. The highest BCUT2D eigenvalue weighted by atomic mass is 16.3. The monoisotopic (exact) mass is 426 g/mol. The molecule has 0 unspecified atom stereocenters. The van der Waals surface area contributed by atoms with Crippen LogP contribution in [0.1, 0.15) is 43.2 Å². The van der Waals surface area contributed by atoms with Crippen molar-refractivity contribution in [3.05, 3.63) is 84.1 Å². The Hall–Kier alpha value is -2.49. The molecule has 3 nitrogen and oxygen atoms in total. The first-order valence-electron chi connectivity index (χ1n) is 12.1. The normalized spacial score (nSPS) is 24.8. The molecule has 166 valence electrons. The van der Waals surface area contributed by atoms with Gasteiger partial charge < -0.3 is 10.0 Å². The van der Waals surface area contributed by atoms with E-state index in [2.05, 4.69) is 77.6 Å². The lowest BCUT2D eigenvalue weighted by Gasteiger charge is -2.48. The number of fused-ring (bicyclic) bond motifs is 3. The van der Waals surface area contributed by atoms with Crippen molar-refractivity contribution in [2.24, 2.45) is 11.8 Å². The summed E-state index contributed by atoms with van der Waals surface area (Å²) in [7, 11) is 2.19. The molecule has 32 heavy (non-hydrogen) atoms. The first-order valence-corrected chi connectivity index (χ1v) is 12.1. The minimum Gasteiger partial charge on any atom is -0.389 e. The smallest absolute Gasteiger partial charge is 0.0728 e. The Morgan fingerprint density at radius 2 is 1.84 bits per heavy atom. The van der Waals surface area contributed by atoms with Gasteiger partial charge in [-0.3, -0.25) is 4.98 Å². The lowest BCUT2D eigenvalue weighted by molar-refractivity contribution is -0.0574. The molecular formula is C29H34N2O. The van der Waals surface area contributed by atoms with Crippen molar-refractivity contribution in [1.82, 2.24) is 9.88 Å². The van der Waals surface area contributed by atoms with Gasteiger partial charge in [-0.25, -0.2) is 0 Å². The second-order valence-corrected chi connectivity index (χ2v) is 9.87. The molecule has 1 aromatic heterocycles. The van der Waals surface area contributed by atoms with Crippen molar-refractivity contribution in [1.29, 1.82) is 0 Å². The average molecular weight is 427 g/mol. The molecule has 0 amide bonds. The largest absolute Gasteiger partial charge is 0.389 e. The Labute approximate surface area is 191 Å². The van der Waals surface area contributed by atoms with Gasteiger partial charge in [0, 0.05) is 24.0 Å². The topological polar surface area (TPSA) is 36.4 Å². The van der Waals surface area contributed by atoms with Crippen LogP contribution in [-0.4, -0.2) is 40.7 Å². The summed E-state index contributed by atoms with van der Waals surface area (Å²) in [6.45, 7) is 1.99. The second-order valence-electron chi connectivity index (χ2n) is 9.87. The highest BCUT2D eigenvalue weighted by Crippen LogP contribution is 2.51. The van der Waals surface area contributed by atoms with Gasteiger partial charge in [0.1, 0.15) is 0 Å². The first-order chi connectivity index (χ1) is 15.6. The fraction of sp³-hybridized carbons (Fsp3) is 0.414. The zero-order valence-electron chi connectivity index (χ0n) is 19.1. The van der Waals surface area contributed by atoms with E-state index in [1.54, 1.807) is 0 Å². The Morgan fingerprint density at radius 1 is 1.03 bits per heavy atom. The molecule has 3 aliphatic carbocycles. The Balaban J connectivity index is 1.13. The second kappa shape index (κ2) is 9.17. The Kier molecular flexibility index (Phi) is 6.12. The summed E-state index contributed by atoms with van der Waals surface area (Å²) < 4.78 is 0. The molecule has 3 atom stereocenters. The van der Waals surface area contributed by atoms with Crippen molar-refractivity contribution < 1.29 is 5.11 Å². The number of aryl methyl sites for hydroxylation is 1. The van der Waals surface area contributed by atoms with Gasteiger partial charge in [0.05, 0.1) is 11.1 Å². The van der Waals surface area contributed by atoms with E-state index in [-0.39, 0.29) is 0 Å². The predicted molar refractivity (Wildman–Crippen MR) is 132 cm³/mol. The average Bonchev–Trinajstić information content (AvgIpc) is 2.83. The van der Waals surface area contributed by atoms with Crippen LogP contribution >= 0.6 is 0 Å². The Bertz CT molecular complexity index is 1090. The number of hydrogen-bond donors (Lipinski definition) is 1. The summed E-state index contributed by atoms with van der Waals surface area (Å²) in [6, 6.07) is 21.3. The lowest BCUT2D eigenvalue weighted by Crippen LogP contribution is -2.48. The molecule has 1 fully saturated rings. The standard InChI is InChI=1S/C29H34N2O/c1-31(16-7-8-22-18-24-11-5-6-12-28(24)30-21-22)17-15-29(32)20-25-13-14-26(29)19-27(25)23-9-3-2-4-10-23/h2-6,9-12,18-19,21,25-26,32H,7-8,13-17,20H2,1H3/t25-,26-,29+/m0/s1. The molecule has 3 aliphatic rings. The van der Waals surface area contributed by atoms with Crippen LogP contribution in [0.2, 0.25) is 0 Å². The van der Waals surface area contributed by atoms with Crippen LogP contribution < -0.4 is 0 Å². The molecule has 2 bridgehead atoms. The van der Waals surface area contributed by atoms with Gasteiger partial charge in [0.15, 0.2) is 0 Å². The third kappa shape index (κ3) is 4.51. The van der Waals surface area contributed by atoms with Crippen LogP contribution in [0.25, 0.3) is 16.5 Å². The summed E-state index contributed by atoms with van der Waals surface area (Å²) in [4.78, 5) is 6.97. The van der Waals surface area contributed by atoms with Crippen LogP contribution in [0.15, 0.2) is 72.9 Å². The van der Waals surface area contributed by atoms with Gasteiger partial charge in [0.25, 0.3) is 0 Å². The van der Waals surface area contributed by atoms with Gasteiger partial charge >= 0.3 is 0 Å². The van der Waals surface area contributed by atoms with Crippen LogP contribution in [0.3, 0.4) is 0 Å². The number of hydrogen-bond acceptors (Lipinski definition) is 3. The van der Waals surface area contributed by atoms with Crippen LogP contribution in [0.4, 0.5) is 0 Å². The van der Waals surface area contributed by atoms with E-state index in [1.165, 1.54) is 28.5 Å². The van der Waals surface area contributed by atoms with Crippen molar-refractivity contribution in [3.63, 3.8) is 0 Å². The van der Waals surface area contributed by atoms with E-state index in [1.807, 2.05) is 12.3 Å². The molecule has 2 aromatic carbocycles. The fourth-order valence-electron chi connectivity index (χ4n) is 5.74. The highest BCUT2D eigenvalue weighted by Gasteiger charge is 2.46. The molecule has 0 saturated heterocycles. The molecule has 0 spiro atoms. The zero-order chi connectivity index (χ0) is 22.0. The van der Waals surface area contributed by atoms with Crippen molar-refractivity contribution in [2.45, 2.75) is 44.1 Å². The van der Waals surface area contributed by atoms with Crippen molar-refractivity contribution >= 4 is 16.5 Å². The van der Waals surface area contributed by atoms with Crippen LogP contribution in [0, 0.1) is 11.8 Å². The summed E-state index contributed by atoms with van der Waals surface area (Å²) in [5.74, 6) is 0.790. The molecule has 1 saturated carbocycles. The predicted octanol–water partition coefficient (Wildman–Crippen LogP) is 5.73. The maximum atomic E-state index is 11.5. The molecule has 3 heteroatoms. The zero-order valence-corrected chi connectivity index (χ0v) is 19.1. The van der Waals surface area contributed by atoms with Gasteiger partial charge in [-0.15, -0.1) is 0 Å². The van der Waals surface area contributed by atoms with Gasteiger partial charge in [-0.2, -0.15) is 0 Å². The molecular weight excluding hydrogens is 392 g/mol. The number of aliphatic hydroxyl groups is 1. The van der Waals surface area contributed by atoms with Crippen molar-refractivity contribution in [2.75, 3.05) is 20.1 Å². The molecule has 0 aliphatic heterocycles. The number of rotatable bonds is 8. The summed E-state index contributed by atoms with van der Waals surface area (Å²) in [5, 5.41) is 12.7. The number of aromatic nitrogens is 1. The maximum Gasteiger partial charge on any atom is 0.0728 e. The van der Waals surface area contributed by atoms with E-state index >= 15 is 0 Å². The molecule has 6 rings (SSSR count). The van der Waals surface area contributed by atoms with Crippen molar-refractivity contribution in [3.8, 4) is 0 Å². The number of allylic oxidation sites excluding steroid dienone is 1. The number of para-hydroxylation sites is 1. The molecule has 3 aromatic rings. The van der Waals surface area contributed by atoms with E-state index in [0.29, 0.717) is 11.8 Å². The summed E-state index contributed by atoms with van der Waals surface area (Å²) in [5.41, 5.74) is 4.62. The lowest BCUT2D eigenvalue weighted by atomic mass is 9.61. The van der Waals surface area contributed by atoms with E-state index in [4.69, 9.17) is 0 Å². The first kappa shape index (κ1) is 21.4. The quantitative estimate of drug-likeness (QED) is 0.499. The highest BCUT2D eigenvalue weighted by molar-refractivity contribution is 5.78. The van der Waals surface area contributed by atoms with Gasteiger partial charge in [0.2, 0.25) is 0 Å².